The molecule has 0 atom stereocenters. The average molecular weight is 294 g/mol. The van der Waals surface area contributed by atoms with Gasteiger partial charge in [-0.2, -0.15) is 0 Å². The highest BCUT2D eigenvalue weighted by Crippen LogP contribution is 2.32. The molecule has 0 spiro atoms. The molecule has 0 amide bonds. The fraction of sp³-hybridized carbons (Fsp3) is 0.647. The molecule has 0 radical (unpaired) electrons. The van der Waals surface area contributed by atoms with Gasteiger partial charge in [0.25, 0.3) is 0 Å². The molecule has 0 aromatic heterocycles. The largest absolute Gasteiger partial charge is 0.381 e. The molecule has 1 aliphatic rings. The number of halogens is 1. The summed E-state index contributed by atoms with van der Waals surface area (Å²) in [6, 6.07) is 7.22. The van der Waals surface area contributed by atoms with Crippen molar-refractivity contribution in [3.63, 3.8) is 0 Å². The van der Waals surface area contributed by atoms with Gasteiger partial charge in [-0.25, -0.2) is 4.39 Å². The standard InChI is InChI=1S/C17H27FN2O/c1-14(2)19-12-17(8-10-21-11-9-17)13-20(3)16-6-4-15(18)5-7-16/h4-7,14,19H,8-13H2,1-3H3. The molecule has 0 saturated carbocycles. The number of nitrogens with zero attached hydrogens (tertiary/aromatic N) is 1. The Balaban J connectivity index is 2.04. The maximum absolute atomic E-state index is 13.0. The quantitative estimate of drug-likeness (QED) is 0.872. The molecule has 21 heavy (non-hydrogen) atoms. The summed E-state index contributed by atoms with van der Waals surface area (Å²) in [5, 5.41) is 3.58. The van der Waals surface area contributed by atoms with E-state index in [0.29, 0.717) is 6.04 Å². The highest BCUT2D eigenvalue weighted by atomic mass is 19.1. The summed E-state index contributed by atoms with van der Waals surface area (Å²) in [4.78, 5) is 2.23. The summed E-state index contributed by atoms with van der Waals surface area (Å²) in [5.41, 5.74) is 1.29. The first-order valence-corrected chi connectivity index (χ1v) is 7.79. The van der Waals surface area contributed by atoms with E-state index in [0.717, 1.165) is 44.8 Å². The molecule has 2 rings (SSSR count). The smallest absolute Gasteiger partial charge is 0.123 e. The van der Waals surface area contributed by atoms with E-state index < -0.39 is 0 Å². The van der Waals surface area contributed by atoms with Gasteiger partial charge in [0.15, 0.2) is 0 Å². The van der Waals surface area contributed by atoms with Crippen molar-refractivity contribution in [2.45, 2.75) is 32.7 Å². The predicted molar refractivity (Wildman–Crippen MR) is 85.3 cm³/mol. The Kier molecular flexibility index (Phi) is 5.59. The Morgan fingerprint density at radius 1 is 1.24 bits per heavy atom. The molecular weight excluding hydrogens is 267 g/mol. The second kappa shape index (κ2) is 7.23. The third-order valence-electron chi connectivity index (χ3n) is 4.28. The summed E-state index contributed by atoms with van der Waals surface area (Å²) in [7, 11) is 2.08. The normalized spacial score (nSPS) is 18.0. The van der Waals surface area contributed by atoms with Gasteiger partial charge in [-0.15, -0.1) is 0 Å². The second-order valence-electron chi connectivity index (χ2n) is 6.48. The van der Waals surface area contributed by atoms with E-state index in [1.807, 2.05) is 12.1 Å². The molecule has 1 aromatic carbocycles. The highest BCUT2D eigenvalue weighted by Gasteiger charge is 2.33. The Morgan fingerprint density at radius 3 is 2.43 bits per heavy atom. The fourth-order valence-corrected chi connectivity index (χ4v) is 2.91. The molecule has 0 aliphatic carbocycles. The van der Waals surface area contributed by atoms with Crippen molar-refractivity contribution >= 4 is 5.69 Å². The van der Waals surface area contributed by atoms with Gasteiger partial charge in [-0.3, -0.25) is 0 Å². The van der Waals surface area contributed by atoms with Crippen LogP contribution < -0.4 is 10.2 Å². The number of anilines is 1. The monoisotopic (exact) mass is 294 g/mol. The van der Waals surface area contributed by atoms with Crippen LogP contribution in [0.15, 0.2) is 24.3 Å². The van der Waals surface area contributed by atoms with Gasteiger partial charge >= 0.3 is 0 Å². The second-order valence-corrected chi connectivity index (χ2v) is 6.48. The number of hydrogen-bond donors (Lipinski definition) is 1. The third kappa shape index (κ3) is 4.68. The van der Waals surface area contributed by atoms with Crippen molar-refractivity contribution in [3.05, 3.63) is 30.1 Å². The van der Waals surface area contributed by atoms with Crippen LogP contribution in [0.3, 0.4) is 0 Å². The number of benzene rings is 1. The van der Waals surface area contributed by atoms with E-state index in [2.05, 4.69) is 31.1 Å². The lowest BCUT2D eigenvalue weighted by molar-refractivity contribution is 0.0179. The molecule has 1 fully saturated rings. The Morgan fingerprint density at radius 2 is 1.86 bits per heavy atom. The summed E-state index contributed by atoms with van der Waals surface area (Å²) in [5.74, 6) is -0.186. The van der Waals surface area contributed by atoms with Crippen LogP contribution in [0, 0.1) is 11.2 Å². The number of rotatable bonds is 6. The molecule has 4 heteroatoms. The zero-order chi connectivity index (χ0) is 15.3. The molecule has 118 valence electrons. The van der Waals surface area contributed by atoms with E-state index in [1.165, 1.54) is 12.1 Å². The van der Waals surface area contributed by atoms with Crippen LogP contribution in [0.4, 0.5) is 10.1 Å². The van der Waals surface area contributed by atoms with Crippen molar-refractivity contribution in [3.8, 4) is 0 Å². The first kappa shape index (κ1) is 16.2. The lowest BCUT2D eigenvalue weighted by Crippen LogP contribution is -2.47. The van der Waals surface area contributed by atoms with E-state index in [9.17, 15) is 4.39 Å². The zero-order valence-electron chi connectivity index (χ0n) is 13.4. The molecule has 1 saturated heterocycles. The first-order valence-electron chi connectivity index (χ1n) is 7.79. The number of nitrogens with one attached hydrogen (secondary N) is 1. The number of ether oxygens (including phenoxy) is 1. The third-order valence-corrected chi connectivity index (χ3v) is 4.28. The molecule has 1 aliphatic heterocycles. The molecule has 0 bridgehead atoms. The Bertz CT molecular complexity index is 427. The minimum Gasteiger partial charge on any atom is -0.381 e. The van der Waals surface area contributed by atoms with Gasteiger partial charge in [0.05, 0.1) is 0 Å². The van der Waals surface area contributed by atoms with E-state index in [1.54, 1.807) is 0 Å². The summed E-state index contributed by atoms with van der Waals surface area (Å²) in [6.07, 6.45) is 2.14. The molecule has 3 nitrogen and oxygen atoms in total. The van der Waals surface area contributed by atoms with Crippen LogP contribution in [0.5, 0.6) is 0 Å². The Hall–Kier alpha value is -1.13. The van der Waals surface area contributed by atoms with Crippen LogP contribution in [0.2, 0.25) is 0 Å². The van der Waals surface area contributed by atoms with E-state index >= 15 is 0 Å². The lowest BCUT2D eigenvalue weighted by Gasteiger charge is -2.41. The van der Waals surface area contributed by atoms with E-state index in [4.69, 9.17) is 4.74 Å². The van der Waals surface area contributed by atoms with Crippen LogP contribution in [-0.2, 0) is 4.74 Å². The van der Waals surface area contributed by atoms with Gasteiger partial charge in [-0.1, -0.05) is 13.8 Å². The zero-order valence-corrected chi connectivity index (χ0v) is 13.4. The SMILES string of the molecule is CC(C)NCC1(CN(C)c2ccc(F)cc2)CCOCC1. The van der Waals surface area contributed by atoms with Crippen molar-refractivity contribution in [1.29, 1.82) is 0 Å². The topological polar surface area (TPSA) is 24.5 Å². The maximum atomic E-state index is 13.0. The van der Waals surface area contributed by atoms with Crippen molar-refractivity contribution in [1.82, 2.24) is 5.32 Å². The minimum atomic E-state index is -0.186. The predicted octanol–water partition coefficient (Wildman–Crippen LogP) is 3.06. The van der Waals surface area contributed by atoms with E-state index in [-0.39, 0.29) is 11.2 Å². The number of hydrogen-bond acceptors (Lipinski definition) is 3. The van der Waals surface area contributed by atoms with Gasteiger partial charge in [0, 0.05) is 50.5 Å². The van der Waals surface area contributed by atoms with Crippen LogP contribution in [-0.4, -0.2) is 39.4 Å². The fourth-order valence-electron chi connectivity index (χ4n) is 2.91. The maximum Gasteiger partial charge on any atom is 0.123 e. The molecule has 1 heterocycles. The van der Waals surface area contributed by atoms with Crippen molar-refractivity contribution < 1.29 is 9.13 Å². The van der Waals surface area contributed by atoms with Crippen LogP contribution in [0.25, 0.3) is 0 Å². The van der Waals surface area contributed by atoms with Gasteiger partial charge in [0.2, 0.25) is 0 Å². The summed E-state index contributed by atoms with van der Waals surface area (Å²) < 4.78 is 18.6. The molecule has 1 aromatic rings. The molecular formula is C17H27FN2O. The summed E-state index contributed by atoms with van der Waals surface area (Å²) >= 11 is 0. The summed E-state index contributed by atoms with van der Waals surface area (Å²) in [6.45, 7) is 7.97. The highest BCUT2D eigenvalue weighted by molar-refractivity contribution is 5.45. The van der Waals surface area contributed by atoms with Crippen LogP contribution >= 0.6 is 0 Å². The van der Waals surface area contributed by atoms with Gasteiger partial charge in [0.1, 0.15) is 5.82 Å². The first-order chi connectivity index (χ1) is 10.0. The van der Waals surface area contributed by atoms with Gasteiger partial charge in [-0.05, 0) is 37.1 Å². The van der Waals surface area contributed by atoms with Crippen LogP contribution in [0.1, 0.15) is 26.7 Å². The van der Waals surface area contributed by atoms with Crippen molar-refractivity contribution in [2.75, 3.05) is 38.3 Å². The van der Waals surface area contributed by atoms with Gasteiger partial charge < -0.3 is 15.0 Å². The average Bonchev–Trinajstić information content (AvgIpc) is 2.47. The Labute approximate surface area is 127 Å². The molecule has 1 N–H and O–H groups in total. The van der Waals surface area contributed by atoms with Crippen molar-refractivity contribution in [2.24, 2.45) is 5.41 Å². The minimum absolute atomic E-state index is 0.186. The lowest BCUT2D eigenvalue weighted by atomic mass is 9.79. The molecule has 0 unspecified atom stereocenters.